The Kier molecular flexibility index (Phi) is 7.59. The summed E-state index contributed by atoms with van der Waals surface area (Å²) in [6.07, 6.45) is 2.31. The number of ether oxygens (including phenoxy) is 2. The van der Waals surface area contributed by atoms with Crippen molar-refractivity contribution in [3.8, 4) is 11.5 Å². The van der Waals surface area contributed by atoms with Crippen molar-refractivity contribution < 1.29 is 19.1 Å². The molecule has 0 bridgehead atoms. The molecule has 1 aliphatic rings. The molecule has 1 aliphatic heterocycles. The number of methoxy groups -OCH3 is 1. The second kappa shape index (κ2) is 10.0. The van der Waals surface area contributed by atoms with Gasteiger partial charge in [0.25, 0.3) is 11.8 Å². The molecule has 1 N–H and O–H groups in total. The van der Waals surface area contributed by atoms with Crippen molar-refractivity contribution in [2.24, 2.45) is 0 Å². The van der Waals surface area contributed by atoms with Gasteiger partial charge in [-0.2, -0.15) is 0 Å². The van der Waals surface area contributed by atoms with Crippen LogP contribution in [0.5, 0.6) is 11.5 Å². The maximum Gasteiger partial charge on any atom is 0.270 e. The van der Waals surface area contributed by atoms with Gasteiger partial charge in [-0.25, -0.2) is 0 Å². The van der Waals surface area contributed by atoms with Crippen molar-refractivity contribution >= 4 is 68.4 Å². The first-order chi connectivity index (χ1) is 15.2. The Labute approximate surface area is 205 Å². The van der Waals surface area contributed by atoms with Gasteiger partial charge in [-0.15, -0.1) is 0 Å². The fourth-order valence-electron chi connectivity index (χ4n) is 3.00. The zero-order valence-electron chi connectivity index (χ0n) is 18.0. The van der Waals surface area contributed by atoms with Crippen molar-refractivity contribution in [2.45, 2.75) is 33.3 Å². The average molecular weight is 538 g/mol. The molecule has 9 heteroatoms. The second-order valence-corrected chi connectivity index (χ2v) is 8.91. The maximum absolute atomic E-state index is 13.2. The number of carbonyl (C=O) groups is 2. The first-order valence-electron chi connectivity index (χ1n) is 9.88. The van der Waals surface area contributed by atoms with Crippen LogP contribution in [0.15, 0.2) is 40.4 Å². The van der Waals surface area contributed by atoms with Crippen LogP contribution in [0.2, 0.25) is 5.02 Å². The Balaban J connectivity index is 2.02. The highest BCUT2D eigenvalue weighted by molar-refractivity contribution is 9.10. The maximum atomic E-state index is 13.2. The molecule has 6 nitrogen and oxygen atoms in total. The largest absolute Gasteiger partial charge is 0.493 e. The SMILES string of the molecule is CC[C@@H](C)Oc1c(Br)cc(/C=C2\C(=O)NC(=S)N(c3ccc(C)c(Cl)c3)C2=O)cc1OC. The number of hydrogen-bond donors (Lipinski definition) is 1. The van der Waals surface area contributed by atoms with Crippen molar-refractivity contribution in [2.75, 3.05) is 12.0 Å². The average Bonchev–Trinajstić information content (AvgIpc) is 2.74. The molecule has 0 radical (unpaired) electrons. The van der Waals surface area contributed by atoms with Gasteiger partial charge in [-0.1, -0.05) is 24.6 Å². The van der Waals surface area contributed by atoms with E-state index in [0.717, 1.165) is 12.0 Å². The zero-order chi connectivity index (χ0) is 23.6. The van der Waals surface area contributed by atoms with Crippen molar-refractivity contribution in [3.05, 3.63) is 56.5 Å². The fraction of sp³-hybridized carbons (Fsp3) is 0.261. The van der Waals surface area contributed by atoms with Crippen molar-refractivity contribution in [3.63, 3.8) is 0 Å². The molecule has 1 heterocycles. The minimum absolute atomic E-state index is 0.00636. The summed E-state index contributed by atoms with van der Waals surface area (Å²) >= 11 is 15.0. The third-order valence-electron chi connectivity index (χ3n) is 4.97. The summed E-state index contributed by atoms with van der Waals surface area (Å²) in [5, 5.41) is 3.05. The van der Waals surface area contributed by atoms with Gasteiger partial charge in [-0.3, -0.25) is 19.8 Å². The van der Waals surface area contributed by atoms with E-state index in [2.05, 4.69) is 21.2 Å². The lowest BCUT2D eigenvalue weighted by atomic mass is 10.1. The van der Waals surface area contributed by atoms with E-state index in [4.69, 9.17) is 33.3 Å². The lowest BCUT2D eigenvalue weighted by Gasteiger charge is -2.29. The van der Waals surface area contributed by atoms with Crippen LogP contribution < -0.4 is 19.7 Å². The number of thiocarbonyl (C=S) groups is 1. The number of aryl methyl sites for hydroxylation is 1. The van der Waals surface area contributed by atoms with Crippen molar-refractivity contribution in [1.82, 2.24) is 5.32 Å². The van der Waals surface area contributed by atoms with Gasteiger partial charge in [0.2, 0.25) is 0 Å². The molecule has 1 atom stereocenters. The van der Waals surface area contributed by atoms with Gasteiger partial charge < -0.3 is 9.47 Å². The molecule has 168 valence electrons. The molecule has 32 heavy (non-hydrogen) atoms. The quantitative estimate of drug-likeness (QED) is 0.302. The van der Waals surface area contributed by atoms with Crippen LogP contribution in [0.4, 0.5) is 5.69 Å². The van der Waals surface area contributed by atoms with Crippen LogP contribution in [0.25, 0.3) is 6.08 Å². The smallest absolute Gasteiger partial charge is 0.270 e. The van der Waals surface area contributed by atoms with E-state index < -0.39 is 11.8 Å². The summed E-state index contributed by atoms with van der Waals surface area (Å²) in [5.41, 5.74) is 1.85. The highest BCUT2D eigenvalue weighted by Gasteiger charge is 2.34. The van der Waals surface area contributed by atoms with Crippen LogP contribution in [0.1, 0.15) is 31.4 Å². The monoisotopic (exact) mass is 536 g/mol. The van der Waals surface area contributed by atoms with E-state index >= 15 is 0 Å². The molecule has 2 amide bonds. The summed E-state index contributed by atoms with van der Waals surface area (Å²) in [6.45, 7) is 5.84. The highest BCUT2D eigenvalue weighted by atomic mass is 79.9. The number of benzene rings is 2. The number of nitrogens with one attached hydrogen (secondary N) is 1. The minimum Gasteiger partial charge on any atom is -0.493 e. The second-order valence-electron chi connectivity index (χ2n) is 7.26. The summed E-state index contributed by atoms with van der Waals surface area (Å²) < 4.78 is 12.1. The van der Waals surface area contributed by atoms with Gasteiger partial charge >= 0.3 is 0 Å². The fourth-order valence-corrected chi connectivity index (χ4v) is 4.01. The predicted molar refractivity (Wildman–Crippen MR) is 133 cm³/mol. The van der Waals surface area contributed by atoms with Gasteiger partial charge in [0.05, 0.1) is 23.4 Å². The molecule has 0 saturated carbocycles. The number of rotatable bonds is 6. The highest BCUT2D eigenvalue weighted by Crippen LogP contribution is 2.38. The lowest BCUT2D eigenvalue weighted by Crippen LogP contribution is -2.54. The normalized spacial score (nSPS) is 16.2. The van der Waals surface area contributed by atoms with Crippen LogP contribution in [-0.4, -0.2) is 30.1 Å². The molecule has 1 saturated heterocycles. The summed E-state index contributed by atoms with van der Waals surface area (Å²) in [7, 11) is 1.53. The number of halogens is 2. The Bertz CT molecular complexity index is 1140. The minimum atomic E-state index is -0.579. The van der Waals surface area contributed by atoms with Crippen LogP contribution in [-0.2, 0) is 9.59 Å². The zero-order valence-corrected chi connectivity index (χ0v) is 21.2. The van der Waals surface area contributed by atoms with Gasteiger partial charge in [0.15, 0.2) is 16.6 Å². The van der Waals surface area contributed by atoms with Crippen LogP contribution in [0.3, 0.4) is 0 Å². The Hall–Kier alpha value is -2.42. The molecule has 0 unspecified atom stereocenters. The van der Waals surface area contributed by atoms with Crippen molar-refractivity contribution in [1.29, 1.82) is 0 Å². The Morgan fingerprint density at radius 1 is 1.28 bits per heavy atom. The summed E-state index contributed by atoms with van der Waals surface area (Å²) in [6, 6.07) is 8.60. The third-order valence-corrected chi connectivity index (χ3v) is 6.25. The van der Waals surface area contributed by atoms with Crippen LogP contribution in [0, 0.1) is 6.92 Å². The standard InChI is InChI=1S/C23H22BrClN2O4S/c1-5-13(3)31-20-17(24)9-14(10-19(20)30-4)8-16-21(28)26-23(32)27(22(16)29)15-7-6-12(2)18(25)11-15/h6-11,13H,5H2,1-4H3,(H,26,28,32)/b16-8+/t13-/m1/s1. The third kappa shape index (κ3) is 4.98. The predicted octanol–water partition coefficient (Wildman–Crippen LogP) is 5.43. The van der Waals surface area contributed by atoms with E-state index in [1.165, 1.54) is 18.1 Å². The van der Waals surface area contributed by atoms with Gasteiger partial charge in [0.1, 0.15) is 5.57 Å². The first kappa shape index (κ1) is 24.2. The molecular formula is C23H22BrClN2O4S. The van der Waals surface area contributed by atoms with E-state index in [9.17, 15) is 9.59 Å². The molecule has 0 aromatic heterocycles. The molecule has 0 spiro atoms. The number of carbonyl (C=O) groups excluding carboxylic acids is 2. The van der Waals surface area contributed by atoms with E-state index in [1.807, 2.05) is 20.8 Å². The molecule has 2 aromatic carbocycles. The Morgan fingerprint density at radius 2 is 2.00 bits per heavy atom. The Morgan fingerprint density at radius 3 is 2.62 bits per heavy atom. The number of hydrogen-bond acceptors (Lipinski definition) is 5. The van der Waals surface area contributed by atoms with Gasteiger partial charge in [0, 0.05) is 5.02 Å². The number of nitrogens with zero attached hydrogens (tertiary/aromatic N) is 1. The topological polar surface area (TPSA) is 67.9 Å². The van der Waals surface area contributed by atoms with E-state index in [-0.39, 0.29) is 16.8 Å². The molecular weight excluding hydrogens is 516 g/mol. The molecule has 2 aromatic rings. The molecule has 0 aliphatic carbocycles. The van der Waals surface area contributed by atoms with E-state index in [1.54, 1.807) is 30.3 Å². The van der Waals surface area contributed by atoms with Gasteiger partial charge in [-0.05, 0) is 89.9 Å². The van der Waals surface area contributed by atoms with E-state index in [0.29, 0.717) is 32.2 Å². The molecule has 1 fully saturated rings. The summed E-state index contributed by atoms with van der Waals surface area (Å²) in [5.74, 6) is -0.0911. The number of anilines is 1. The van der Waals surface area contributed by atoms with Crippen LogP contribution >= 0.6 is 39.7 Å². The first-order valence-corrected chi connectivity index (χ1v) is 11.5. The lowest BCUT2D eigenvalue weighted by molar-refractivity contribution is -0.122. The number of amides is 2. The molecule has 3 rings (SSSR count). The summed E-state index contributed by atoms with van der Waals surface area (Å²) in [4.78, 5) is 27.1.